The molecular formula is C24H14BrCl2FN2O4. The van der Waals surface area contributed by atoms with Crippen molar-refractivity contribution < 1.29 is 23.5 Å². The fourth-order valence-corrected chi connectivity index (χ4v) is 3.85. The van der Waals surface area contributed by atoms with Crippen LogP contribution in [0.5, 0.6) is 5.75 Å². The summed E-state index contributed by atoms with van der Waals surface area (Å²) in [4.78, 5) is 38.9. The average Bonchev–Trinajstić information content (AvgIpc) is 2.79. The van der Waals surface area contributed by atoms with E-state index in [-0.39, 0.29) is 33.7 Å². The van der Waals surface area contributed by atoms with E-state index in [1.54, 1.807) is 30.3 Å². The van der Waals surface area contributed by atoms with E-state index in [2.05, 4.69) is 21.2 Å². The number of anilines is 1. The molecule has 4 rings (SSSR count). The molecule has 0 unspecified atom stereocenters. The van der Waals surface area contributed by atoms with Crippen molar-refractivity contribution in [1.29, 1.82) is 0 Å². The van der Waals surface area contributed by atoms with E-state index >= 15 is 0 Å². The molecule has 1 aliphatic rings. The number of halogens is 4. The fourth-order valence-electron chi connectivity index (χ4n) is 3.18. The summed E-state index contributed by atoms with van der Waals surface area (Å²) in [5, 5.41) is 2.55. The summed E-state index contributed by atoms with van der Waals surface area (Å²) in [7, 11) is 0. The highest BCUT2D eigenvalue weighted by Crippen LogP contribution is 2.31. The zero-order valence-corrected chi connectivity index (χ0v) is 20.2. The van der Waals surface area contributed by atoms with Crippen molar-refractivity contribution in [2.75, 3.05) is 4.90 Å². The molecule has 1 saturated heterocycles. The number of benzene rings is 3. The zero-order chi connectivity index (χ0) is 24.4. The highest BCUT2D eigenvalue weighted by molar-refractivity contribution is 9.10. The number of amides is 4. The van der Waals surface area contributed by atoms with E-state index in [4.69, 9.17) is 27.9 Å². The van der Waals surface area contributed by atoms with Gasteiger partial charge in [-0.05, 0) is 60.2 Å². The zero-order valence-electron chi connectivity index (χ0n) is 17.2. The Balaban J connectivity index is 1.67. The Bertz CT molecular complexity index is 1350. The minimum atomic E-state index is -0.910. The number of carbonyl (C=O) groups is 3. The molecule has 0 aromatic heterocycles. The van der Waals surface area contributed by atoms with Crippen LogP contribution in [0.25, 0.3) is 6.08 Å². The molecule has 0 atom stereocenters. The Morgan fingerprint density at radius 1 is 0.971 bits per heavy atom. The van der Waals surface area contributed by atoms with Crippen molar-refractivity contribution in [2.45, 2.75) is 6.61 Å². The van der Waals surface area contributed by atoms with Gasteiger partial charge in [-0.2, -0.15) is 0 Å². The van der Waals surface area contributed by atoms with Crippen LogP contribution in [-0.2, 0) is 16.2 Å². The summed E-state index contributed by atoms with van der Waals surface area (Å²) in [5.41, 5.74) is 1.01. The molecule has 4 amide bonds. The van der Waals surface area contributed by atoms with Gasteiger partial charge in [0.1, 0.15) is 23.7 Å². The van der Waals surface area contributed by atoms with Crippen LogP contribution < -0.4 is 15.0 Å². The molecule has 1 fully saturated rings. The third-order valence-corrected chi connectivity index (χ3v) is 6.07. The Kier molecular flexibility index (Phi) is 7.02. The van der Waals surface area contributed by atoms with Gasteiger partial charge in [0.25, 0.3) is 11.8 Å². The van der Waals surface area contributed by atoms with E-state index in [1.807, 2.05) is 0 Å². The largest absolute Gasteiger partial charge is 0.488 e. The maximum absolute atomic E-state index is 13.2. The van der Waals surface area contributed by atoms with Crippen LogP contribution in [0.2, 0.25) is 10.0 Å². The summed E-state index contributed by atoms with van der Waals surface area (Å²) in [5.74, 6) is -1.67. The van der Waals surface area contributed by atoms with Gasteiger partial charge in [0, 0.05) is 10.0 Å². The van der Waals surface area contributed by atoms with Gasteiger partial charge in [-0.1, -0.05) is 51.3 Å². The predicted octanol–water partition coefficient (Wildman–Crippen LogP) is 6.14. The number of barbiturate groups is 1. The topological polar surface area (TPSA) is 75.7 Å². The lowest BCUT2D eigenvalue weighted by atomic mass is 10.1. The van der Waals surface area contributed by atoms with Crippen LogP contribution in [0.3, 0.4) is 0 Å². The van der Waals surface area contributed by atoms with E-state index in [9.17, 15) is 18.8 Å². The number of hydrogen-bond acceptors (Lipinski definition) is 4. The van der Waals surface area contributed by atoms with Crippen molar-refractivity contribution in [3.05, 3.63) is 97.7 Å². The lowest BCUT2D eigenvalue weighted by Crippen LogP contribution is -2.54. The molecule has 34 heavy (non-hydrogen) atoms. The molecule has 0 aliphatic carbocycles. The highest BCUT2D eigenvalue weighted by Gasteiger charge is 2.37. The number of urea groups is 1. The van der Waals surface area contributed by atoms with Crippen LogP contribution in [0.1, 0.15) is 11.1 Å². The van der Waals surface area contributed by atoms with Crippen LogP contribution in [-0.4, -0.2) is 17.8 Å². The van der Waals surface area contributed by atoms with Crippen molar-refractivity contribution in [2.24, 2.45) is 0 Å². The maximum Gasteiger partial charge on any atom is 0.335 e. The Hall–Kier alpha value is -3.20. The van der Waals surface area contributed by atoms with Crippen molar-refractivity contribution in [3.63, 3.8) is 0 Å². The van der Waals surface area contributed by atoms with E-state index in [1.165, 1.54) is 36.4 Å². The van der Waals surface area contributed by atoms with Crippen molar-refractivity contribution >= 4 is 68.7 Å². The third-order valence-electron chi connectivity index (χ3n) is 4.84. The van der Waals surface area contributed by atoms with Gasteiger partial charge >= 0.3 is 6.03 Å². The normalized spacial score (nSPS) is 15.0. The first-order chi connectivity index (χ1) is 16.2. The SMILES string of the molecule is O=C1NC(=O)N(c2ccc(Cl)c(Cl)c2)C(=O)/C1=C/c1cc(Br)ccc1OCc1ccc(F)cc1. The van der Waals surface area contributed by atoms with Gasteiger partial charge in [-0.15, -0.1) is 0 Å². The molecular weight excluding hydrogens is 550 g/mol. The van der Waals surface area contributed by atoms with E-state index in [0.717, 1.165) is 10.5 Å². The molecule has 0 bridgehead atoms. The van der Waals surface area contributed by atoms with Gasteiger partial charge in [-0.25, -0.2) is 14.1 Å². The van der Waals surface area contributed by atoms with E-state index < -0.39 is 17.8 Å². The minimum absolute atomic E-state index is 0.131. The molecule has 3 aromatic carbocycles. The molecule has 172 valence electrons. The molecule has 1 aliphatic heterocycles. The Morgan fingerprint density at radius 2 is 1.71 bits per heavy atom. The number of nitrogens with one attached hydrogen (secondary N) is 1. The molecule has 0 saturated carbocycles. The molecule has 0 radical (unpaired) electrons. The number of hydrogen-bond donors (Lipinski definition) is 1. The summed E-state index contributed by atoms with van der Waals surface area (Å²) >= 11 is 15.3. The predicted molar refractivity (Wildman–Crippen MR) is 130 cm³/mol. The molecule has 1 heterocycles. The number of ether oxygens (including phenoxy) is 1. The second kappa shape index (κ2) is 9.97. The monoisotopic (exact) mass is 562 g/mol. The molecule has 0 spiro atoms. The highest BCUT2D eigenvalue weighted by atomic mass is 79.9. The first-order valence-electron chi connectivity index (χ1n) is 9.76. The Labute approximate surface area is 212 Å². The second-order valence-corrected chi connectivity index (χ2v) is 8.88. The second-order valence-electron chi connectivity index (χ2n) is 7.15. The van der Waals surface area contributed by atoms with Gasteiger partial charge in [0.15, 0.2) is 0 Å². The van der Waals surface area contributed by atoms with Gasteiger partial charge in [-0.3, -0.25) is 14.9 Å². The molecule has 10 heteroatoms. The van der Waals surface area contributed by atoms with Gasteiger partial charge in [0.2, 0.25) is 0 Å². The molecule has 3 aromatic rings. The van der Waals surface area contributed by atoms with Crippen LogP contribution in [0.15, 0.2) is 70.7 Å². The van der Waals surface area contributed by atoms with E-state index in [0.29, 0.717) is 15.8 Å². The number of carbonyl (C=O) groups excluding carboxylic acids is 3. The minimum Gasteiger partial charge on any atom is -0.488 e. The number of rotatable bonds is 5. The van der Waals surface area contributed by atoms with Gasteiger partial charge < -0.3 is 4.74 Å². The number of nitrogens with zero attached hydrogens (tertiary/aromatic N) is 1. The van der Waals surface area contributed by atoms with Crippen LogP contribution in [0, 0.1) is 5.82 Å². The maximum atomic E-state index is 13.2. The summed E-state index contributed by atoms with van der Waals surface area (Å²) in [6.45, 7) is 0.131. The fraction of sp³-hybridized carbons (Fsp3) is 0.0417. The van der Waals surface area contributed by atoms with Crippen LogP contribution >= 0.6 is 39.1 Å². The molecule has 6 nitrogen and oxygen atoms in total. The first kappa shape index (κ1) is 23.9. The number of imide groups is 2. The van der Waals surface area contributed by atoms with Crippen LogP contribution in [0.4, 0.5) is 14.9 Å². The summed E-state index contributed by atoms with van der Waals surface area (Å²) < 4.78 is 19.7. The van der Waals surface area contributed by atoms with Crippen molar-refractivity contribution in [3.8, 4) is 5.75 Å². The molecule has 1 N–H and O–H groups in total. The quantitative estimate of drug-likeness (QED) is 0.299. The smallest absolute Gasteiger partial charge is 0.335 e. The average molecular weight is 564 g/mol. The lowest BCUT2D eigenvalue weighted by molar-refractivity contribution is -0.122. The third kappa shape index (κ3) is 5.14. The Morgan fingerprint density at radius 3 is 2.41 bits per heavy atom. The summed E-state index contributed by atoms with van der Waals surface area (Å²) in [6, 6.07) is 14.2. The first-order valence-corrected chi connectivity index (χ1v) is 11.3. The standard InChI is InChI=1S/C24H14BrCl2FN2O4/c25-15-3-8-21(34-12-13-1-4-16(28)5-2-13)14(9-15)10-18-22(31)29-24(33)30(23(18)32)17-6-7-19(26)20(27)11-17/h1-11H,12H2,(H,29,31,33)/b18-10+. The lowest BCUT2D eigenvalue weighted by Gasteiger charge is -2.26. The summed E-state index contributed by atoms with van der Waals surface area (Å²) in [6.07, 6.45) is 1.33. The van der Waals surface area contributed by atoms with Gasteiger partial charge in [0.05, 0.1) is 15.7 Å². The van der Waals surface area contributed by atoms with Crippen molar-refractivity contribution in [1.82, 2.24) is 5.32 Å².